The average molecular weight is 422 g/mol. The number of nitrogens with zero attached hydrogens (tertiary/aromatic N) is 2. The number of H-pyrrole nitrogens is 1. The Kier molecular flexibility index (Phi) is 7.93. The maximum absolute atomic E-state index is 12.8. The van der Waals surface area contributed by atoms with Crippen molar-refractivity contribution in [2.75, 3.05) is 6.54 Å². The quantitative estimate of drug-likeness (QED) is 0.340. The number of carboxylic acid groups (broad SMARTS) is 1. The number of carbonyl (C=O) groups excluding carboxylic acids is 3. The highest BCUT2D eigenvalue weighted by Gasteiger charge is 2.38. The molecular formula is C19H30N6O5. The second-order valence-electron chi connectivity index (χ2n) is 7.88. The van der Waals surface area contributed by atoms with Crippen LogP contribution < -0.4 is 16.4 Å². The van der Waals surface area contributed by atoms with Crippen molar-refractivity contribution in [3.05, 3.63) is 18.2 Å². The summed E-state index contributed by atoms with van der Waals surface area (Å²) in [6, 6.07) is -3.54. The molecule has 1 saturated heterocycles. The summed E-state index contributed by atoms with van der Waals surface area (Å²) in [6.07, 6.45) is 4.34. The van der Waals surface area contributed by atoms with Crippen molar-refractivity contribution in [2.45, 2.75) is 64.2 Å². The topological polar surface area (TPSA) is 171 Å². The van der Waals surface area contributed by atoms with Gasteiger partial charge in [-0.1, -0.05) is 13.8 Å². The molecule has 11 heteroatoms. The number of carboxylic acids is 1. The molecule has 166 valence electrons. The lowest BCUT2D eigenvalue weighted by molar-refractivity contribution is -0.145. The molecule has 0 aliphatic carbocycles. The van der Waals surface area contributed by atoms with Gasteiger partial charge < -0.3 is 31.4 Å². The fourth-order valence-corrected chi connectivity index (χ4v) is 3.42. The van der Waals surface area contributed by atoms with E-state index in [-0.39, 0.29) is 12.3 Å². The molecule has 6 N–H and O–H groups in total. The molecule has 1 aromatic rings. The second kappa shape index (κ2) is 10.2. The molecule has 2 rings (SSSR count). The first-order valence-electron chi connectivity index (χ1n) is 9.98. The van der Waals surface area contributed by atoms with Gasteiger partial charge in [0.15, 0.2) is 0 Å². The highest BCUT2D eigenvalue weighted by molar-refractivity contribution is 5.94. The van der Waals surface area contributed by atoms with Crippen LogP contribution >= 0.6 is 0 Å². The molecule has 1 fully saturated rings. The van der Waals surface area contributed by atoms with Crippen molar-refractivity contribution >= 4 is 23.7 Å². The van der Waals surface area contributed by atoms with Gasteiger partial charge in [-0.25, -0.2) is 9.78 Å². The molecule has 4 atom stereocenters. The van der Waals surface area contributed by atoms with E-state index in [1.54, 1.807) is 20.0 Å². The number of nitrogens with two attached hydrogens (primary N) is 1. The molecule has 0 radical (unpaired) electrons. The van der Waals surface area contributed by atoms with Gasteiger partial charge in [-0.3, -0.25) is 14.4 Å². The number of nitrogens with one attached hydrogen (secondary N) is 3. The Balaban J connectivity index is 1.95. The molecule has 3 amide bonds. The molecular weight excluding hydrogens is 392 g/mol. The van der Waals surface area contributed by atoms with Crippen molar-refractivity contribution in [1.29, 1.82) is 0 Å². The normalized spacial score (nSPS) is 19.2. The molecule has 1 aromatic heterocycles. The fourth-order valence-electron chi connectivity index (χ4n) is 3.42. The van der Waals surface area contributed by atoms with E-state index < -0.39 is 47.9 Å². The standard InChI is InChI=1S/C19H30N6O5/c1-10(2)15(19(29)30)24-17(27)14-5-4-6-25(14)18(28)11(3)23-16(26)13(20)7-12-8-21-9-22-12/h8-11,13-15H,4-7,20H2,1-3H3,(H,21,22)(H,23,26)(H,24,27)(H,29,30). The minimum Gasteiger partial charge on any atom is -0.480 e. The van der Waals surface area contributed by atoms with E-state index in [1.165, 1.54) is 18.2 Å². The molecule has 0 spiro atoms. The second-order valence-corrected chi connectivity index (χ2v) is 7.88. The fraction of sp³-hybridized carbons (Fsp3) is 0.632. The lowest BCUT2D eigenvalue weighted by Crippen LogP contribution is -2.56. The number of aliphatic carboxylic acids is 1. The monoisotopic (exact) mass is 422 g/mol. The Hall–Kier alpha value is -2.95. The molecule has 2 heterocycles. The van der Waals surface area contributed by atoms with Crippen molar-refractivity contribution in [3.8, 4) is 0 Å². The molecule has 0 saturated carbocycles. The number of aromatic nitrogens is 2. The Labute approximate surface area is 174 Å². The number of rotatable bonds is 9. The SMILES string of the molecule is CC(NC(=O)C(N)Cc1cnc[nH]1)C(=O)N1CCCC1C(=O)NC(C(=O)O)C(C)C. The first kappa shape index (κ1) is 23.3. The smallest absolute Gasteiger partial charge is 0.326 e. The summed E-state index contributed by atoms with van der Waals surface area (Å²) in [5, 5.41) is 14.4. The van der Waals surface area contributed by atoms with E-state index in [0.717, 1.165) is 0 Å². The Morgan fingerprint density at radius 3 is 2.57 bits per heavy atom. The van der Waals surface area contributed by atoms with Crippen molar-refractivity contribution < 1.29 is 24.3 Å². The number of amides is 3. The van der Waals surface area contributed by atoms with Crippen LogP contribution in [0.4, 0.5) is 0 Å². The average Bonchev–Trinajstić information content (AvgIpc) is 3.36. The summed E-state index contributed by atoms with van der Waals surface area (Å²) in [6.45, 7) is 5.28. The first-order valence-corrected chi connectivity index (χ1v) is 9.98. The van der Waals surface area contributed by atoms with Crippen LogP contribution in [0.2, 0.25) is 0 Å². The zero-order chi connectivity index (χ0) is 22.4. The maximum Gasteiger partial charge on any atom is 0.326 e. The molecule has 1 aliphatic rings. The van der Waals surface area contributed by atoms with Crippen LogP contribution in [0.5, 0.6) is 0 Å². The minimum atomic E-state index is -1.12. The Morgan fingerprint density at radius 2 is 2.00 bits per heavy atom. The van der Waals surface area contributed by atoms with Crippen LogP contribution in [-0.4, -0.2) is 74.4 Å². The predicted molar refractivity (Wildman–Crippen MR) is 107 cm³/mol. The number of aromatic amines is 1. The number of hydrogen-bond acceptors (Lipinski definition) is 6. The number of likely N-dealkylation sites (tertiary alicyclic amines) is 1. The van der Waals surface area contributed by atoms with Gasteiger partial charge in [0.2, 0.25) is 17.7 Å². The third kappa shape index (κ3) is 5.78. The van der Waals surface area contributed by atoms with Gasteiger partial charge in [-0.05, 0) is 25.7 Å². The van der Waals surface area contributed by atoms with Crippen LogP contribution in [0.1, 0.15) is 39.3 Å². The van der Waals surface area contributed by atoms with Gasteiger partial charge in [-0.2, -0.15) is 0 Å². The van der Waals surface area contributed by atoms with Gasteiger partial charge in [0.05, 0.1) is 12.4 Å². The molecule has 30 heavy (non-hydrogen) atoms. The summed E-state index contributed by atoms with van der Waals surface area (Å²) in [4.78, 5) is 57.3. The maximum atomic E-state index is 12.8. The van der Waals surface area contributed by atoms with Gasteiger partial charge in [0.25, 0.3) is 0 Å². The van der Waals surface area contributed by atoms with Crippen molar-refractivity contribution in [1.82, 2.24) is 25.5 Å². The van der Waals surface area contributed by atoms with Crippen LogP contribution in [-0.2, 0) is 25.6 Å². The zero-order valence-electron chi connectivity index (χ0n) is 17.4. The van der Waals surface area contributed by atoms with E-state index in [0.29, 0.717) is 25.1 Å². The third-order valence-electron chi connectivity index (χ3n) is 5.13. The highest BCUT2D eigenvalue weighted by Crippen LogP contribution is 2.19. The summed E-state index contributed by atoms with van der Waals surface area (Å²) in [5.41, 5.74) is 6.59. The Bertz CT molecular complexity index is 765. The highest BCUT2D eigenvalue weighted by atomic mass is 16.4. The van der Waals surface area contributed by atoms with Gasteiger partial charge in [0, 0.05) is 24.9 Å². The van der Waals surface area contributed by atoms with Gasteiger partial charge in [0.1, 0.15) is 18.1 Å². The van der Waals surface area contributed by atoms with E-state index in [2.05, 4.69) is 20.6 Å². The van der Waals surface area contributed by atoms with Crippen molar-refractivity contribution in [3.63, 3.8) is 0 Å². The zero-order valence-corrected chi connectivity index (χ0v) is 17.4. The van der Waals surface area contributed by atoms with Gasteiger partial charge in [-0.15, -0.1) is 0 Å². The van der Waals surface area contributed by atoms with E-state index in [4.69, 9.17) is 5.73 Å². The number of carbonyl (C=O) groups is 4. The van der Waals surface area contributed by atoms with Crippen molar-refractivity contribution in [2.24, 2.45) is 11.7 Å². The summed E-state index contributed by atoms with van der Waals surface area (Å²) in [7, 11) is 0. The van der Waals surface area contributed by atoms with E-state index in [1.807, 2.05) is 0 Å². The molecule has 4 unspecified atom stereocenters. The van der Waals surface area contributed by atoms with Crippen LogP contribution in [0.15, 0.2) is 12.5 Å². The summed E-state index contributed by atoms with van der Waals surface area (Å²) in [5.74, 6) is -2.83. The molecule has 0 aromatic carbocycles. The molecule has 11 nitrogen and oxygen atoms in total. The third-order valence-corrected chi connectivity index (χ3v) is 5.13. The number of hydrogen-bond donors (Lipinski definition) is 5. The number of imidazole rings is 1. The lowest BCUT2D eigenvalue weighted by Gasteiger charge is -2.29. The van der Waals surface area contributed by atoms with Crippen LogP contribution in [0.25, 0.3) is 0 Å². The molecule has 1 aliphatic heterocycles. The summed E-state index contributed by atoms with van der Waals surface area (Å²) >= 11 is 0. The molecule has 0 bridgehead atoms. The van der Waals surface area contributed by atoms with Gasteiger partial charge >= 0.3 is 5.97 Å². The van der Waals surface area contributed by atoms with E-state index in [9.17, 15) is 24.3 Å². The van der Waals surface area contributed by atoms with E-state index >= 15 is 0 Å². The van der Waals surface area contributed by atoms with Crippen LogP contribution in [0.3, 0.4) is 0 Å². The first-order chi connectivity index (χ1) is 14.1. The Morgan fingerprint density at radius 1 is 1.30 bits per heavy atom. The summed E-state index contributed by atoms with van der Waals surface area (Å²) < 4.78 is 0. The minimum absolute atomic E-state index is 0.243. The largest absolute Gasteiger partial charge is 0.480 e. The predicted octanol–water partition coefficient (Wildman–Crippen LogP) is -0.999. The lowest BCUT2D eigenvalue weighted by atomic mass is 10.0. The van der Waals surface area contributed by atoms with Crippen LogP contribution in [0, 0.1) is 5.92 Å².